The predicted molar refractivity (Wildman–Crippen MR) is 358 cm³/mol. The van der Waals surface area contributed by atoms with E-state index >= 15 is 28.8 Å². The summed E-state index contributed by atoms with van der Waals surface area (Å²) in [5.41, 5.74) is -1.57. The molecule has 0 spiro atoms. The second-order valence-electron chi connectivity index (χ2n) is 28.8. The maximum absolute atomic E-state index is 15.5. The van der Waals surface area contributed by atoms with Crippen LogP contribution in [-0.4, -0.2) is 269 Å². The lowest BCUT2D eigenvalue weighted by Crippen LogP contribution is -2.63. The summed E-state index contributed by atoms with van der Waals surface area (Å²) in [6, 6.07) is -12.5. The van der Waals surface area contributed by atoms with Crippen LogP contribution in [0.1, 0.15) is 163 Å². The molecule has 2 saturated heterocycles. The summed E-state index contributed by atoms with van der Waals surface area (Å²) in [6.07, 6.45) is 0.206. The highest BCUT2D eigenvalue weighted by Gasteiger charge is 2.49. The van der Waals surface area contributed by atoms with E-state index in [1.165, 1.54) is 106 Å². The van der Waals surface area contributed by atoms with Crippen molar-refractivity contribution in [1.29, 1.82) is 0 Å². The fourth-order valence-electron chi connectivity index (χ4n) is 12.0. The van der Waals surface area contributed by atoms with Gasteiger partial charge >= 0.3 is 0 Å². The zero-order chi connectivity index (χ0) is 71.0. The van der Waals surface area contributed by atoms with E-state index in [9.17, 15) is 29.1 Å². The normalized spacial score (nSPS) is 29.3. The molecule has 0 aromatic carbocycles. The highest BCUT2D eigenvalue weighted by molar-refractivity contribution is 8.00. The number of carbonyl (C=O) groups is 11. The molecular weight excluding hydrogens is 1200 g/mol. The number of nitrogens with one attached hydrogen (secondary N) is 4. The highest BCUT2D eigenvalue weighted by atomic mass is 32.2. The van der Waals surface area contributed by atoms with E-state index in [-0.39, 0.29) is 61.9 Å². The van der Waals surface area contributed by atoms with Crippen LogP contribution in [0.4, 0.5) is 0 Å². The monoisotopic (exact) mass is 1320 g/mol. The number of amides is 11. The first-order chi connectivity index (χ1) is 42.4. The minimum absolute atomic E-state index is 0.0317. The number of aliphatic hydroxyl groups is 1. The molecule has 0 aromatic heterocycles. The zero-order valence-corrected chi connectivity index (χ0v) is 61.5. The van der Waals surface area contributed by atoms with Crippen molar-refractivity contribution in [2.24, 2.45) is 35.5 Å². The highest BCUT2D eigenvalue weighted by Crippen LogP contribution is 2.34. The smallest absolute Gasteiger partial charge is 0.256 e. The van der Waals surface area contributed by atoms with Gasteiger partial charge in [0.15, 0.2) is 5.37 Å². The third-order valence-corrected chi connectivity index (χ3v) is 18.9. The van der Waals surface area contributed by atoms with Crippen molar-refractivity contribution in [2.45, 2.75) is 246 Å². The molecule has 14 atom stereocenters. The van der Waals surface area contributed by atoms with Crippen LogP contribution in [0.5, 0.6) is 0 Å². The van der Waals surface area contributed by atoms with Crippen molar-refractivity contribution in [2.75, 3.05) is 75.7 Å². The maximum atomic E-state index is 15.5. The number of nitrogens with zero attached hydrogens (tertiary/aromatic N) is 8. The average Bonchev–Trinajstić information content (AvgIpc) is 1.39. The Bertz CT molecular complexity index is 2530. The van der Waals surface area contributed by atoms with Crippen LogP contribution in [0.15, 0.2) is 0 Å². The van der Waals surface area contributed by atoms with Crippen LogP contribution in [0, 0.1) is 35.5 Å². The molecule has 2 aliphatic rings. The number of likely N-dealkylation sites (N-methyl/N-ethyl adjacent to an activating group) is 7. The van der Waals surface area contributed by atoms with Gasteiger partial charge in [-0.15, -0.1) is 11.8 Å². The van der Waals surface area contributed by atoms with E-state index in [4.69, 9.17) is 4.74 Å². The number of hydrogen-bond donors (Lipinski definition) is 5. The van der Waals surface area contributed by atoms with Gasteiger partial charge in [-0.05, 0) is 116 Å². The van der Waals surface area contributed by atoms with Gasteiger partial charge in [0.2, 0.25) is 59.1 Å². The molecule has 0 saturated carbocycles. The van der Waals surface area contributed by atoms with Crippen molar-refractivity contribution < 1.29 is 62.6 Å². The molecule has 1 unspecified atom stereocenters. The van der Waals surface area contributed by atoms with Crippen LogP contribution in [0.25, 0.3) is 0 Å². The quantitative estimate of drug-likeness (QED) is 0.140. The Morgan fingerprint density at radius 3 is 1.45 bits per heavy atom. The molecule has 26 heteroatoms. The Hall–Kier alpha value is -5.60. The first-order valence-corrected chi connectivity index (χ1v) is 34.2. The van der Waals surface area contributed by atoms with Crippen LogP contribution >= 0.6 is 11.8 Å². The molecule has 11 amide bonds. The van der Waals surface area contributed by atoms with E-state index in [1.807, 2.05) is 74.4 Å². The number of rotatable bonds is 17. The first-order valence-electron chi connectivity index (χ1n) is 33.1. The van der Waals surface area contributed by atoms with Gasteiger partial charge in [-0.1, -0.05) is 90.0 Å². The van der Waals surface area contributed by atoms with Gasteiger partial charge in [-0.2, -0.15) is 0 Å². The van der Waals surface area contributed by atoms with Gasteiger partial charge in [0.25, 0.3) is 5.91 Å². The number of hydrogen-bond acceptors (Lipinski definition) is 15. The van der Waals surface area contributed by atoms with Crippen LogP contribution in [-0.2, 0) is 57.5 Å². The Morgan fingerprint density at radius 2 is 0.989 bits per heavy atom. The summed E-state index contributed by atoms with van der Waals surface area (Å²) in [5, 5.41) is 21.2. The van der Waals surface area contributed by atoms with Crippen molar-refractivity contribution in [3.05, 3.63) is 0 Å². The number of carbonyl (C=O) groups excluding carboxylic acids is 11. The molecule has 92 heavy (non-hydrogen) atoms. The Kier molecular flexibility index (Phi) is 32.6. The molecule has 2 heterocycles. The van der Waals surface area contributed by atoms with Crippen molar-refractivity contribution >= 4 is 76.7 Å². The topological polar surface area (TPSA) is 291 Å². The van der Waals surface area contributed by atoms with Gasteiger partial charge < -0.3 is 70.3 Å². The third kappa shape index (κ3) is 22.5. The van der Waals surface area contributed by atoms with Crippen LogP contribution in [0.2, 0.25) is 0 Å². The number of ether oxygens (including phenoxy) is 1. The van der Waals surface area contributed by atoms with E-state index in [1.54, 1.807) is 34.6 Å². The first kappa shape index (κ1) is 82.5. The summed E-state index contributed by atoms with van der Waals surface area (Å²) in [5.74, 6) is -8.96. The fraction of sp³-hybridized carbons (Fsp3) is 0.833. The van der Waals surface area contributed by atoms with E-state index < -0.39 is 154 Å². The molecule has 0 radical (unpaired) electrons. The summed E-state index contributed by atoms with van der Waals surface area (Å²) in [7, 11) is 13.8. The molecular formula is C66H120N12O13S. The van der Waals surface area contributed by atoms with Crippen molar-refractivity contribution in [1.82, 2.24) is 60.5 Å². The van der Waals surface area contributed by atoms with Gasteiger partial charge in [-0.25, -0.2) is 0 Å². The Labute approximate surface area is 555 Å². The summed E-state index contributed by atoms with van der Waals surface area (Å²) in [6.45, 7) is 30.1. The van der Waals surface area contributed by atoms with Gasteiger partial charge in [0, 0.05) is 68.1 Å². The van der Waals surface area contributed by atoms with Gasteiger partial charge in [0.1, 0.15) is 60.4 Å². The molecule has 25 nitrogen and oxygen atoms in total. The second-order valence-corrected chi connectivity index (χ2v) is 30.0. The lowest BCUT2D eigenvalue weighted by molar-refractivity contribution is -0.158. The van der Waals surface area contributed by atoms with Crippen LogP contribution < -0.4 is 21.3 Å². The maximum Gasteiger partial charge on any atom is 0.256 e. The summed E-state index contributed by atoms with van der Waals surface area (Å²) < 4.78 is 6.58. The number of thioether (sulfide) groups is 1. The molecule has 2 rings (SSSR count). The molecule has 0 aliphatic carbocycles. The van der Waals surface area contributed by atoms with Crippen molar-refractivity contribution in [3.63, 3.8) is 0 Å². The average molecular weight is 1320 g/mol. The van der Waals surface area contributed by atoms with Gasteiger partial charge in [0.05, 0.1) is 17.8 Å². The predicted octanol–water partition coefficient (Wildman–Crippen LogP) is 3.25. The molecule has 2 aliphatic heterocycles. The largest absolute Gasteiger partial charge is 0.390 e. The summed E-state index contributed by atoms with van der Waals surface area (Å²) >= 11 is 1.13. The standard InChI is InChI=1S/C66H120N12O13S/c1-27-44-34-41(13)53(91-44)52-57(82)69-45(28-2)59(84)78(26)65(92-30-29-71(18)19)64(89)75(23)49(35-66(16,17)90)56(81)70-50(39(9)10)62(87)72(20)46(31-36(3)4)55(80)67-42(14)54(79)68-43(15)58(83)73(21)47(32-37(5)6)60(85)74(22)48(33-38(7)8)61(86)76(24)51(40(11)12)63(88)77(52)25/h36-53,65,90H,27-35H2,1-26H3,(H,67,80)(H,68,79)(H,69,82)(H,70,81)/t41-,42+,43-,44?,45+,46+,47+,48+,49+,50+,51+,52+,53-,65-/m1/s1. The zero-order valence-electron chi connectivity index (χ0n) is 60.7. The van der Waals surface area contributed by atoms with Crippen LogP contribution in [0.3, 0.4) is 0 Å². The van der Waals surface area contributed by atoms with Crippen molar-refractivity contribution in [3.8, 4) is 0 Å². The van der Waals surface area contributed by atoms with Gasteiger partial charge in [-0.3, -0.25) is 52.7 Å². The van der Waals surface area contributed by atoms with E-state index in [0.29, 0.717) is 25.1 Å². The minimum Gasteiger partial charge on any atom is -0.390 e. The summed E-state index contributed by atoms with van der Waals surface area (Å²) in [4.78, 5) is 175. The Balaban J connectivity index is 3.11. The lowest BCUT2D eigenvalue weighted by Gasteiger charge is -2.41. The van der Waals surface area contributed by atoms with E-state index in [2.05, 4.69) is 21.3 Å². The lowest BCUT2D eigenvalue weighted by atomic mass is 9.92. The third-order valence-electron chi connectivity index (χ3n) is 17.7. The Morgan fingerprint density at radius 1 is 0.522 bits per heavy atom. The minimum atomic E-state index is -1.57. The SMILES string of the molecule is CCC1C[C@@H](C)[C@H]([C@H]2C(=O)N[C@@H](CC)C(=O)N(C)[C@H](SCCN(C)C)C(=O)N(C)[C@@H](CC(C)(C)O)C(=O)N[C@@H](C(C)C)C(=O)N(C)[C@@H](CC(C)C)C(=O)N[C@@H](C)C(=O)N[C@H](C)C(=O)N(C)[C@@H](CC(C)C)C(=O)N(C)[C@@H](CC(C)C)C(=O)N(C)[C@@H](C(C)C)C(=O)N2C)O1. The molecule has 528 valence electrons. The molecule has 5 N–H and O–H groups in total. The fourth-order valence-corrected chi connectivity index (χ4v) is 13.3. The molecule has 0 aromatic rings. The molecule has 0 bridgehead atoms. The van der Waals surface area contributed by atoms with E-state index in [0.717, 1.165) is 16.7 Å². The molecule has 2 fully saturated rings. The second kappa shape index (κ2) is 36.3.